The van der Waals surface area contributed by atoms with Crippen molar-refractivity contribution in [1.29, 1.82) is 0 Å². The number of amides is 2. The van der Waals surface area contributed by atoms with Crippen molar-refractivity contribution in [1.82, 2.24) is 14.9 Å². The van der Waals surface area contributed by atoms with Gasteiger partial charge in [-0.3, -0.25) is 4.79 Å². The smallest absolute Gasteiger partial charge is 0.417 e. The van der Waals surface area contributed by atoms with Crippen LogP contribution in [0.5, 0.6) is 11.5 Å². The highest BCUT2D eigenvalue weighted by Gasteiger charge is 2.40. The van der Waals surface area contributed by atoms with Crippen LogP contribution in [0, 0.1) is 0 Å². The van der Waals surface area contributed by atoms with Crippen LogP contribution in [0.2, 0.25) is 0 Å². The third kappa shape index (κ3) is 4.51. The van der Waals surface area contributed by atoms with Gasteiger partial charge in [-0.1, -0.05) is 24.3 Å². The minimum absolute atomic E-state index is 0.273. The number of carbonyl (C=O) groups is 2. The number of rotatable bonds is 5. The highest BCUT2D eigenvalue weighted by atomic mass is 16.6. The SMILES string of the molecule is COc1ccccc1Cc1nc2c(C3CCN(C(=O)OC(C)(C)C)C3=O)ccc(OC)c2[nH]1. The molecule has 2 amide bonds. The average Bonchev–Trinajstić information content (AvgIpc) is 3.36. The summed E-state index contributed by atoms with van der Waals surface area (Å²) in [5, 5.41) is 0. The summed E-state index contributed by atoms with van der Waals surface area (Å²) < 4.78 is 16.4. The van der Waals surface area contributed by atoms with Crippen molar-refractivity contribution in [2.75, 3.05) is 20.8 Å². The molecule has 8 nitrogen and oxygen atoms in total. The zero-order valence-corrected chi connectivity index (χ0v) is 19.6. The van der Waals surface area contributed by atoms with Gasteiger partial charge in [-0.25, -0.2) is 14.7 Å². The van der Waals surface area contributed by atoms with Gasteiger partial charge >= 0.3 is 6.09 Å². The maximum atomic E-state index is 13.2. The van der Waals surface area contributed by atoms with Crippen LogP contribution in [-0.4, -0.2) is 53.2 Å². The molecular weight excluding hydrogens is 422 g/mol. The number of hydrogen-bond donors (Lipinski definition) is 1. The molecule has 1 N–H and O–H groups in total. The predicted octanol–water partition coefficient (Wildman–Crippen LogP) is 4.42. The van der Waals surface area contributed by atoms with Gasteiger partial charge in [0.15, 0.2) is 0 Å². The van der Waals surface area contributed by atoms with Gasteiger partial charge in [0.05, 0.1) is 25.7 Å². The molecule has 1 aromatic heterocycles. The van der Waals surface area contributed by atoms with Crippen molar-refractivity contribution in [2.45, 2.75) is 45.1 Å². The molecule has 3 aromatic rings. The average molecular weight is 452 g/mol. The summed E-state index contributed by atoms with van der Waals surface area (Å²) in [6.07, 6.45) is 0.427. The number of aromatic nitrogens is 2. The molecule has 1 saturated heterocycles. The molecule has 174 valence electrons. The second-order valence-corrected chi connectivity index (χ2v) is 9.06. The summed E-state index contributed by atoms with van der Waals surface area (Å²) in [6, 6.07) is 11.5. The number of aromatic amines is 1. The van der Waals surface area contributed by atoms with Crippen molar-refractivity contribution in [3.63, 3.8) is 0 Å². The van der Waals surface area contributed by atoms with E-state index >= 15 is 0 Å². The Kier molecular flexibility index (Phi) is 6.01. The van der Waals surface area contributed by atoms with Crippen LogP contribution in [0.3, 0.4) is 0 Å². The molecule has 4 rings (SSSR count). The van der Waals surface area contributed by atoms with Crippen molar-refractivity contribution in [3.05, 3.63) is 53.3 Å². The summed E-state index contributed by atoms with van der Waals surface area (Å²) in [5.41, 5.74) is 2.49. The summed E-state index contributed by atoms with van der Waals surface area (Å²) in [4.78, 5) is 35.0. The topological polar surface area (TPSA) is 93.8 Å². The van der Waals surface area contributed by atoms with Crippen LogP contribution in [0.4, 0.5) is 4.79 Å². The second kappa shape index (κ2) is 8.77. The number of likely N-dealkylation sites (tertiary alicyclic amines) is 1. The largest absolute Gasteiger partial charge is 0.496 e. The molecule has 0 bridgehead atoms. The van der Waals surface area contributed by atoms with E-state index in [9.17, 15) is 9.59 Å². The van der Waals surface area contributed by atoms with E-state index in [2.05, 4.69) is 4.98 Å². The number of imide groups is 1. The molecule has 33 heavy (non-hydrogen) atoms. The zero-order chi connectivity index (χ0) is 23.8. The first-order chi connectivity index (χ1) is 15.7. The number of benzene rings is 2. The molecule has 2 aromatic carbocycles. The molecular formula is C25H29N3O5. The van der Waals surface area contributed by atoms with E-state index in [1.54, 1.807) is 35.0 Å². The number of para-hydroxylation sites is 1. The molecule has 2 heterocycles. The molecule has 1 unspecified atom stereocenters. The predicted molar refractivity (Wildman–Crippen MR) is 124 cm³/mol. The Labute approximate surface area is 192 Å². The quantitative estimate of drug-likeness (QED) is 0.617. The number of H-pyrrole nitrogens is 1. The Bertz CT molecular complexity index is 1190. The van der Waals surface area contributed by atoms with Crippen LogP contribution in [0.15, 0.2) is 36.4 Å². The van der Waals surface area contributed by atoms with Crippen molar-refractivity contribution < 1.29 is 23.8 Å². The summed E-state index contributed by atoms with van der Waals surface area (Å²) in [5.74, 6) is 1.40. The Morgan fingerprint density at radius 2 is 1.85 bits per heavy atom. The number of carbonyl (C=O) groups excluding carboxylic acids is 2. The van der Waals surface area contributed by atoms with Gasteiger partial charge in [0.2, 0.25) is 5.91 Å². The minimum Gasteiger partial charge on any atom is -0.496 e. The van der Waals surface area contributed by atoms with Crippen LogP contribution < -0.4 is 9.47 Å². The maximum Gasteiger partial charge on any atom is 0.417 e. The van der Waals surface area contributed by atoms with E-state index in [1.807, 2.05) is 36.4 Å². The van der Waals surface area contributed by atoms with Crippen LogP contribution in [0.1, 0.15) is 50.1 Å². The molecule has 1 fully saturated rings. The van der Waals surface area contributed by atoms with Crippen LogP contribution in [0.25, 0.3) is 11.0 Å². The molecule has 1 aliphatic heterocycles. The maximum absolute atomic E-state index is 13.2. The van der Waals surface area contributed by atoms with Gasteiger partial charge in [0, 0.05) is 18.5 Å². The van der Waals surface area contributed by atoms with Gasteiger partial charge in [-0.05, 0) is 44.9 Å². The molecule has 1 aliphatic rings. The van der Waals surface area contributed by atoms with E-state index in [0.717, 1.165) is 28.2 Å². The number of methoxy groups -OCH3 is 2. The summed E-state index contributed by atoms with van der Waals surface area (Å²) >= 11 is 0. The first-order valence-corrected chi connectivity index (χ1v) is 10.9. The third-order valence-electron chi connectivity index (χ3n) is 5.65. The normalized spacial score (nSPS) is 16.3. The number of hydrogen-bond acceptors (Lipinski definition) is 6. The standard InChI is InChI=1S/C25H29N3O5/c1-25(2,3)33-24(30)28-13-12-17(23(28)29)16-10-11-19(32-5)22-21(16)26-20(27-22)14-15-8-6-7-9-18(15)31-4/h6-11,17H,12-14H2,1-5H3,(H,26,27). The highest BCUT2D eigenvalue weighted by Crippen LogP contribution is 2.37. The molecule has 1 atom stereocenters. The third-order valence-corrected chi connectivity index (χ3v) is 5.65. The van der Waals surface area contributed by atoms with Crippen LogP contribution in [-0.2, 0) is 16.0 Å². The van der Waals surface area contributed by atoms with E-state index in [-0.39, 0.29) is 5.91 Å². The van der Waals surface area contributed by atoms with Gasteiger partial charge < -0.3 is 19.2 Å². The van der Waals surface area contributed by atoms with Crippen molar-refractivity contribution in [3.8, 4) is 11.5 Å². The fraction of sp³-hybridized carbons (Fsp3) is 0.400. The molecule has 0 spiro atoms. The van der Waals surface area contributed by atoms with Crippen molar-refractivity contribution >= 4 is 23.0 Å². The number of fused-ring (bicyclic) bond motifs is 1. The van der Waals surface area contributed by atoms with Crippen molar-refractivity contribution in [2.24, 2.45) is 0 Å². The lowest BCUT2D eigenvalue weighted by molar-refractivity contribution is -0.128. The second-order valence-electron chi connectivity index (χ2n) is 9.06. The highest BCUT2D eigenvalue weighted by molar-refractivity contribution is 6.00. The molecule has 0 saturated carbocycles. The number of imidazole rings is 1. The Hall–Kier alpha value is -3.55. The number of nitrogens with one attached hydrogen (secondary N) is 1. The Morgan fingerprint density at radius 1 is 1.12 bits per heavy atom. The number of nitrogens with zero attached hydrogens (tertiary/aromatic N) is 2. The monoisotopic (exact) mass is 451 g/mol. The van der Waals surface area contributed by atoms with E-state index in [1.165, 1.54) is 4.90 Å². The fourth-order valence-corrected chi connectivity index (χ4v) is 4.17. The van der Waals surface area contributed by atoms with Gasteiger partial charge in [-0.15, -0.1) is 0 Å². The number of ether oxygens (including phenoxy) is 3. The summed E-state index contributed by atoms with van der Waals surface area (Å²) in [7, 11) is 3.24. The first-order valence-electron chi connectivity index (χ1n) is 10.9. The lowest BCUT2D eigenvalue weighted by Crippen LogP contribution is -2.38. The Morgan fingerprint density at radius 3 is 2.55 bits per heavy atom. The van der Waals surface area contributed by atoms with E-state index < -0.39 is 17.6 Å². The molecule has 8 heteroatoms. The zero-order valence-electron chi connectivity index (χ0n) is 19.6. The van der Waals surface area contributed by atoms with Crippen LogP contribution >= 0.6 is 0 Å². The van der Waals surface area contributed by atoms with E-state index in [0.29, 0.717) is 30.7 Å². The lowest BCUT2D eigenvalue weighted by atomic mass is 9.96. The summed E-state index contributed by atoms with van der Waals surface area (Å²) in [6.45, 7) is 5.65. The first kappa shape index (κ1) is 22.6. The fourth-order valence-electron chi connectivity index (χ4n) is 4.17. The minimum atomic E-state index is -0.668. The van der Waals surface area contributed by atoms with Gasteiger partial charge in [-0.2, -0.15) is 0 Å². The lowest BCUT2D eigenvalue weighted by Gasteiger charge is -2.23. The van der Waals surface area contributed by atoms with E-state index in [4.69, 9.17) is 19.2 Å². The molecule has 0 aliphatic carbocycles. The Balaban J connectivity index is 1.68. The van der Waals surface area contributed by atoms with Gasteiger partial charge in [0.25, 0.3) is 0 Å². The molecule has 0 radical (unpaired) electrons. The van der Waals surface area contributed by atoms with Gasteiger partial charge in [0.1, 0.15) is 28.4 Å².